The first-order valence-corrected chi connectivity index (χ1v) is 6.78. The van der Waals surface area contributed by atoms with Gasteiger partial charge >= 0.3 is 0 Å². The van der Waals surface area contributed by atoms with Gasteiger partial charge in [0.05, 0.1) is 0 Å². The second kappa shape index (κ2) is 6.80. The van der Waals surface area contributed by atoms with Crippen molar-refractivity contribution in [1.82, 2.24) is 5.32 Å². The average molecular weight is 233 g/mol. The van der Waals surface area contributed by atoms with E-state index in [-0.39, 0.29) is 0 Å². The van der Waals surface area contributed by atoms with Gasteiger partial charge in [-0.25, -0.2) is 0 Å². The molecule has 0 spiro atoms. The molecule has 0 saturated heterocycles. The van der Waals surface area contributed by atoms with Crippen molar-refractivity contribution < 1.29 is 0 Å². The number of hydrogen-bond acceptors (Lipinski definition) is 1. The van der Waals surface area contributed by atoms with Crippen LogP contribution in [-0.4, -0.2) is 13.6 Å². The van der Waals surface area contributed by atoms with E-state index in [1.165, 1.54) is 17.5 Å². The molecule has 1 nitrogen and oxygen atoms in total. The van der Waals surface area contributed by atoms with E-state index < -0.39 is 0 Å². The topological polar surface area (TPSA) is 12.0 Å². The zero-order valence-electron chi connectivity index (χ0n) is 12.0. The summed E-state index contributed by atoms with van der Waals surface area (Å²) < 4.78 is 0. The predicted molar refractivity (Wildman–Crippen MR) is 76.5 cm³/mol. The molecule has 0 heterocycles. The van der Waals surface area contributed by atoms with E-state index in [4.69, 9.17) is 0 Å². The fraction of sp³-hybridized carbons (Fsp3) is 0.625. The normalized spacial score (nSPS) is 14.9. The molecular formula is C16H27N. The molecule has 96 valence electrons. The van der Waals surface area contributed by atoms with Gasteiger partial charge in [0.1, 0.15) is 0 Å². The summed E-state index contributed by atoms with van der Waals surface area (Å²) in [6.45, 7) is 10.3. The molecule has 0 amide bonds. The van der Waals surface area contributed by atoms with E-state index in [1.54, 1.807) is 0 Å². The van der Waals surface area contributed by atoms with E-state index in [0.717, 1.165) is 12.5 Å². The molecule has 2 unspecified atom stereocenters. The van der Waals surface area contributed by atoms with Crippen LogP contribution in [0.3, 0.4) is 0 Å². The van der Waals surface area contributed by atoms with Crippen molar-refractivity contribution in [1.29, 1.82) is 0 Å². The zero-order chi connectivity index (χ0) is 12.8. The van der Waals surface area contributed by atoms with E-state index in [1.807, 2.05) is 7.05 Å². The summed E-state index contributed by atoms with van der Waals surface area (Å²) in [5.41, 5.74) is 2.95. The highest BCUT2D eigenvalue weighted by Crippen LogP contribution is 2.25. The molecule has 1 rings (SSSR count). The Bertz CT molecular complexity index is 330. The van der Waals surface area contributed by atoms with Gasteiger partial charge in [-0.1, -0.05) is 52.0 Å². The molecule has 0 bridgehead atoms. The lowest BCUT2D eigenvalue weighted by molar-refractivity contribution is 0.465. The standard InChI is InChI=1S/C16H27N/c1-12(2)9-15-7-6-8-16(10-15)14(4)13(3)11-17-5/h6-8,10,12-14,17H,9,11H2,1-5H3. The van der Waals surface area contributed by atoms with E-state index in [2.05, 4.69) is 57.3 Å². The molecule has 0 aromatic heterocycles. The van der Waals surface area contributed by atoms with Crippen LogP contribution in [0.4, 0.5) is 0 Å². The van der Waals surface area contributed by atoms with Crippen molar-refractivity contribution in [2.45, 2.75) is 40.0 Å². The summed E-state index contributed by atoms with van der Waals surface area (Å²) in [6, 6.07) is 9.10. The Labute approximate surface area is 107 Å². The smallest absolute Gasteiger partial charge is 0.00204 e. The molecule has 0 saturated carbocycles. The monoisotopic (exact) mass is 233 g/mol. The van der Waals surface area contributed by atoms with Gasteiger partial charge in [-0.2, -0.15) is 0 Å². The molecule has 0 aliphatic rings. The molecule has 1 aromatic rings. The Kier molecular flexibility index (Phi) is 5.70. The molecule has 1 aromatic carbocycles. The van der Waals surface area contributed by atoms with Crippen molar-refractivity contribution in [3.05, 3.63) is 35.4 Å². The van der Waals surface area contributed by atoms with Gasteiger partial charge in [-0.05, 0) is 48.9 Å². The number of benzene rings is 1. The van der Waals surface area contributed by atoms with Crippen LogP contribution in [0.5, 0.6) is 0 Å². The van der Waals surface area contributed by atoms with Gasteiger partial charge in [0.15, 0.2) is 0 Å². The van der Waals surface area contributed by atoms with Crippen LogP contribution in [0, 0.1) is 11.8 Å². The van der Waals surface area contributed by atoms with Crippen molar-refractivity contribution in [2.24, 2.45) is 11.8 Å². The van der Waals surface area contributed by atoms with E-state index in [9.17, 15) is 0 Å². The molecular weight excluding hydrogens is 206 g/mol. The summed E-state index contributed by atoms with van der Waals surface area (Å²) in [5.74, 6) is 2.03. The lowest BCUT2D eigenvalue weighted by Gasteiger charge is -2.21. The van der Waals surface area contributed by atoms with Gasteiger partial charge in [0.2, 0.25) is 0 Å². The van der Waals surface area contributed by atoms with Crippen molar-refractivity contribution in [2.75, 3.05) is 13.6 Å². The third-order valence-corrected chi connectivity index (χ3v) is 3.50. The van der Waals surface area contributed by atoms with Gasteiger partial charge in [0, 0.05) is 0 Å². The summed E-state index contributed by atoms with van der Waals surface area (Å²) in [7, 11) is 2.03. The lowest BCUT2D eigenvalue weighted by atomic mass is 9.87. The maximum Gasteiger partial charge on any atom is -0.00204 e. The third-order valence-electron chi connectivity index (χ3n) is 3.50. The van der Waals surface area contributed by atoms with Crippen LogP contribution < -0.4 is 5.32 Å². The van der Waals surface area contributed by atoms with Crippen LogP contribution in [0.15, 0.2) is 24.3 Å². The number of nitrogens with one attached hydrogen (secondary N) is 1. The van der Waals surface area contributed by atoms with Gasteiger partial charge < -0.3 is 5.32 Å². The second-order valence-electron chi connectivity index (χ2n) is 5.67. The molecule has 0 fully saturated rings. The first kappa shape index (κ1) is 14.2. The highest BCUT2D eigenvalue weighted by Gasteiger charge is 2.13. The Balaban J connectivity index is 2.76. The maximum absolute atomic E-state index is 3.26. The van der Waals surface area contributed by atoms with Crippen LogP contribution in [-0.2, 0) is 6.42 Å². The first-order chi connectivity index (χ1) is 8.04. The van der Waals surface area contributed by atoms with Crippen molar-refractivity contribution in [3.8, 4) is 0 Å². The molecule has 1 N–H and O–H groups in total. The summed E-state index contributed by atoms with van der Waals surface area (Å²) in [6.07, 6.45) is 1.18. The largest absolute Gasteiger partial charge is 0.319 e. The van der Waals surface area contributed by atoms with Crippen LogP contribution in [0.2, 0.25) is 0 Å². The van der Waals surface area contributed by atoms with E-state index >= 15 is 0 Å². The Morgan fingerprint density at radius 2 is 1.82 bits per heavy atom. The minimum absolute atomic E-state index is 0.620. The summed E-state index contributed by atoms with van der Waals surface area (Å²) >= 11 is 0. The summed E-state index contributed by atoms with van der Waals surface area (Å²) in [5, 5.41) is 3.26. The SMILES string of the molecule is CNCC(C)C(C)c1cccc(CC(C)C)c1. The zero-order valence-corrected chi connectivity index (χ0v) is 12.0. The highest BCUT2D eigenvalue weighted by atomic mass is 14.8. The van der Waals surface area contributed by atoms with E-state index in [0.29, 0.717) is 11.8 Å². The fourth-order valence-electron chi connectivity index (χ4n) is 2.30. The predicted octanol–water partition coefficient (Wildman–Crippen LogP) is 3.84. The van der Waals surface area contributed by atoms with Crippen LogP contribution in [0.25, 0.3) is 0 Å². The average Bonchev–Trinajstić information content (AvgIpc) is 2.28. The molecule has 0 aliphatic heterocycles. The lowest BCUT2D eigenvalue weighted by Crippen LogP contribution is -2.20. The highest BCUT2D eigenvalue weighted by molar-refractivity contribution is 5.26. The fourth-order valence-corrected chi connectivity index (χ4v) is 2.30. The molecule has 0 radical (unpaired) electrons. The Morgan fingerprint density at radius 3 is 2.41 bits per heavy atom. The summed E-state index contributed by atoms with van der Waals surface area (Å²) in [4.78, 5) is 0. The number of rotatable bonds is 6. The molecule has 0 aliphatic carbocycles. The maximum atomic E-state index is 3.26. The second-order valence-corrected chi connectivity index (χ2v) is 5.67. The quantitative estimate of drug-likeness (QED) is 0.787. The van der Waals surface area contributed by atoms with Gasteiger partial charge in [-0.15, -0.1) is 0 Å². The molecule has 2 atom stereocenters. The minimum Gasteiger partial charge on any atom is -0.319 e. The van der Waals surface area contributed by atoms with Crippen molar-refractivity contribution in [3.63, 3.8) is 0 Å². The Morgan fingerprint density at radius 1 is 1.12 bits per heavy atom. The van der Waals surface area contributed by atoms with Crippen LogP contribution in [0.1, 0.15) is 44.7 Å². The third kappa shape index (κ3) is 4.51. The minimum atomic E-state index is 0.620. The van der Waals surface area contributed by atoms with Gasteiger partial charge in [0.25, 0.3) is 0 Å². The van der Waals surface area contributed by atoms with Gasteiger partial charge in [-0.3, -0.25) is 0 Å². The molecule has 1 heteroatoms. The van der Waals surface area contributed by atoms with Crippen molar-refractivity contribution >= 4 is 0 Å². The molecule has 17 heavy (non-hydrogen) atoms. The van der Waals surface area contributed by atoms with Crippen LogP contribution >= 0.6 is 0 Å². The Hall–Kier alpha value is -0.820. The first-order valence-electron chi connectivity index (χ1n) is 6.78. The number of hydrogen-bond donors (Lipinski definition) is 1.